The Hall–Kier alpha value is -1.48. The summed E-state index contributed by atoms with van der Waals surface area (Å²) in [4.78, 5) is 3.84. The summed E-state index contributed by atoms with van der Waals surface area (Å²) in [5.74, 6) is 5.30. The van der Waals surface area contributed by atoms with Gasteiger partial charge in [0, 0.05) is 18.4 Å². The highest BCUT2D eigenvalue weighted by Gasteiger charge is 2.21. The van der Waals surface area contributed by atoms with Crippen molar-refractivity contribution in [3.05, 3.63) is 40.8 Å². The van der Waals surface area contributed by atoms with Gasteiger partial charge in [0.1, 0.15) is 4.90 Å². The SMILES string of the molecule is CC(NS(=O)(=O)c1cnccc1NN)c1ccsc1. The van der Waals surface area contributed by atoms with E-state index in [-0.39, 0.29) is 10.9 Å². The maximum absolute atomic E-state index is 12.3. The first-order chi connectivity index (χ1) is 9.04. The van der Waals surface area contributed by atoms with Crippen LogP contribution in [-0.2, 0) is 10.0 Å². The van der Waals surface area contributed by atoms with Crippen molar-refractivity contribution in [3.63, 3.8) is 0 Å². The van der Waals surface area contributed by atoms with Crippen LogP contribution in [0.1, 0.15) is 18.5 Å². The van der Waals surface area contributed by atoms with E-state index in [0.29, 0.717) is 5.69 Å². The van der Waals surface area contributed by atoms with Crippen LogP contribution in [0.15, 0.2) is 40.2 Å². The zero-order valence-corrected chi connectivity index (χ0v) is 11.8. The molecule has 1 atom stereocenters. The highest BCUT2D eigenvalue weighted by atomic mass is 32.2. The number of pyridine rings is 1. The molecule has 0 fully saturated rings. The van der Waals surface area contributed by atoms with Crippen LogP contribution in [0.5, 0.6) is 0 Å². The number of nitrogens with zero attached hydrogens (tertiary/aromatic N) is 1. The molecule has 0 saturated heterocycles. The second kappa shape index (κ2) is 5.66. The van der Waals surface area contributed by atoms with Crippen LogP contribution in [0.4, 0.5) is 5.69 Å². The summed E-state index contributed by atoms with van der Waals surface area (Å²) in [5.41, 5.74) is 3.57. The number of aromatic nitrogens is 1. The number of hydrogen-bond donors (Lipinski definition) is 3. The van der Waals surface area contributed by atoms with E-state index < -0.39 is 10.0 Å². The number of nitrogens with two attached hydrogens (primary N) is 1. The Morgan fingerprint density at radius 3 is 2.84 bits per heavy atom. The van der Waals surface area contributed by atoms with Gasteiger partial charge in [0.25, 0.3) is 0 Å². The van der Waals surface area contributed by atoms with E-state index in [1.165, 1.54) is 29.8 Å². The molecule has 2 aromatic rings. The first kappa shape index (κ1) is 13.9. The summed E-state index contributed by atoms with van der Waals surface area (Å²) in [5, 5.41) is 3.80. The van der Waals surface area contributed by atoms with E-state index in [9.17, 15) is 8.42 Å². The van der Waals surface area contributed by atoms with Crippen molar-refractivity contribution in [2.24, 2.45) is 5.84 Å². The highest BCUT2D eigenvalue weighted by molar-refractivity contribution is 7.89. The molecule has 2 rings (SSSR count). The lowest BCUT2D eigenvalue weighted by molar-refractivity contribution is 0.567. The summed E-state index contributed by atoms with van der Waals surface area (Å²) >= 11 is 1.52. The van der Waals surface area contributed by atoms with Gasteiger partial charge in [-0.1, -0.05) is 0 Å². The van der Waals surface area contributed by atoms with Gasteiger partial charge in [-0.3, -0.25) is 10.8 Å². The summed E-state index contributed by atoms with van der Waals surface area (Å²) in [6.07, 6.45) is 2.73. The van der Waals surface area contributed by atoms with Gasteiger partial charge in [-0.05, 0) is 35.4 Å². The van der Waals surface area contributed by atoms with Crippen LogP contribution in [-0.4, -0.2) is 13.4 Å². The Morgan fingerprint density at radius 1 is 1.42 bits per heavy atom. The van der Waals surface area contributed by atoms with Gasteiger partial charge in [0.2, 0.25) is 10.0 Å². The Kier molecular flexibility index (Phi) is 4.15. The van der Waals surface area contributed by atoms with Crippen LogP contribution in [0, 0.1) is 0 Å². The number of sulfonamides is 1. The number of hydrazine groups is 1. The second-order valence-corrected chi connectivity index (χ2v) is 6.38. The van der Waals surface area contributed by atoms with Crippen molar-refractivity contribution in [2.45, 2.75) is 17.9 Å². The molecule has 2 aromatic heterocycles. The summed E-state index contributed by atoms with van der Waals surface area (Å²) in [6, 6.07) is 3.06. The molecule has 2 heterocycles. The molecule has 0 aromatic carbocycles. The second-order valence-electron chi connectivity index (χ2n) is 3.92. The van der Waals surface area contributed by atoms with Crippen molar-refractivity contribution in [1.29, 1.82) is 0 Å². The van der Waals surface area contributed by atoms with E-state index in [1.807, 2.05) is 16.8 Å². The Bertz CT molecular complexity index is 640. The van der Waals surface area contributed by atoms with Gasteiger partial charge in [0.15, 0.2) is 0 Å². The average Bonchev–Trinajstić information content (AvgIpc) is 2.92. The molecule has 6 nitrogen and oxygen atoms in total. The van der Waals surface area contributed by atoms with E-state index in [0.717, 1.165) is 5.56 Å². The quantitative estimate of drug-likeness (QED) is 0.573. The Morgan fingerprint density at radius 2 is 2.21 bits per heavy atom. The molecule has 4 N–H and O–H groups in total. The number of rotatable bonds is 5. The van der Waals surface area contributed by atoms with Gasteiger partial charge in [0.05, 0.1) is 5.69 Å². The van der Waals surface area contributed by atoms with Gasteiger partial charge >= 0.3 is 0 Å². The predicted octanol–water partition coefficient (Wildman–Crippen LogP) is 1.47. The van der Waals surface area contributed by atoms with Crippen molar-refractivity contribution in [3.8, 4) is 0 Å². The molecular weight excluding hydrogens is 284 g/mol. The third-order valence-electron chi connectivity index (χ3n) is 2.60. The molecular formula is C11H14N4O2S2. The molecule has 0 aliphatic carbocycles. The van der Waals surface area contributed by atoms with Crippen LogP contribution < -0.4 is 16.0 Å². The number of hydrogen-bond acceptors (Lipinski definition) is 6. The van der Waals surface area contributed by atoms with Crippen LogP contribution in [0.2, 0.25) is 0 Å². The minimum atomic E-state index is -3.68. The van der Waals surface area contributed by atoms with Crippen LogP contribution in [0.25, 0.3) is 0 Å². The highest BCUT2D eigenvalue weighted by Crippen LogP contribution is 2.22. The standard InChI is InChI=1S/C11H14N4O2S2/c1-8(9-3-5-18-7-9)15-19(16,17)11-6-13-4-2-10(11)14-12/h2-8,15H,12H2,1H3,(H,13,14). The molecule has 0 saturated carbocycles. The molecule has 0 amide bonds. The molecule has 0 bridgehead atoms. The summed E-state index contributed by atoms with van der Waals surface area (Å²) < 4.78 is 27.1. The zero-order valence-electron chi connectivity index (χ0n) is 10.2. The van der Waals surface area contributed by atoms with Crippen molar-refractivity contribution >= 4 is 27.0 Å². The monoisotopic (exact) mass is 298 g/mol. The maximum atomic E-state index is 12.3. The molecule has 0 radical (unpaired) electrons. The van der Waals surface area contributed by atoms with Gasteiger partial charge in [-0.2, -0.15) is 11.3 Å². The van der Waals surface area contributed by atoms with Gasteiger partial charge < -0.3 is 5.43 Å². The number of nitrogen functional groups attached to an aromatic ring is 1. The Balaban J connectivity index is 2.28. The smallest absolute Gasteiger partial charge is 0.244 e. The van der Waals surface area contributed by atoms with E-state index in [1.54, 1.807) is 6.92 Å². The fourth-order valence-corrected chi connectivity index (χ4v) is 3.70. The Labute approximate surface area is 115 Å². The van der Waals surface area contributed by atoms with Gasteiger partial charge in [-0.25, -0.2) is 13.1 Å². The van der Waals surface area contributed by atoms with Crippen LogP contribution >= 0.6 is 11.3 Å². The third-order valence-corrected chi connectivity index (χ3v) is 4.87. The topological polar surface area (TPSA) is 97.1 Å². The fraction of sp³-hybridized carbons (Fsp3) is 0.182. The first-order valence-electron chi connectivity index (χ1n) is 5.49. The fourth-order valence-electron chi connectivity index (χ4n) is 1.60. The zero-order chi connectivity index (χ0) is 13.9. The lowest BCUT2D eigenvalue weighted by Crippen LogP contribution is -2.28. The summed E-state index contributed by atoms with van der Waals surface area (Å²) in [6.45, 7) is 1.78. The van der Waals surface area contributed by atoms with E-state index >= 15 is 0 Å². The molecule has 1 unspecified atom stereocenters. The largest absolute Gasteiger partial charge is 0.323 e. The van der Waals surface area contributed by atoms with E-state index in [4.69, 9.17) is 5.84 Å². The normalized spacial score (nSPS) is 13.2. The maximum Gasteiger partial charge on any atom is 0.244 e. The molecule has 19 heavy (non-hydrogen) atoms. The third kappa shape index (κ3) is 3.10. The molecule has 0 aliphatic rings. The summed E-state index contributed by atoms with van der Waals surface area (Å²) in [7, 11) is -3.68. The lowest BCUT2D eigenvalue weighted by Gasteiger charge is -2.14. The predicted molar refractivity (Wildman–Crippen MR) is 75.1 cm³/mol. The molecule has 102 valence electrons. The van der Waals surface area contributed by atoms with Gasteiger partial charge in [-0.15, -0.1) is 0 Å². The van der Waals surface area contributed by atoms with Crippen LogP contribution in [0.3, 0.4) is 0 Å². The molecule has 0 spiro atoms. The minimum absolute atomic E-state index is 0.0274. The van der Waals surface area contributed by atoms with Crippen molar-refractivity contribution in [1.82, 2.24) is 9.71 Å². The number of thiophene rings is 1. The lowest BCUT2D eigenvalue weighted by atomic mass is 10.2. The van der Waals surface area contributed by atoms with E-state index in [2.05, 4.69) is 15.1 Å². The first-order valence-corrected chi connectivity index (χ1v) is 7.92. The average molecular weight is 298 g/mol. The van der Waals surface area contributed by atoms with Crippen molar-refractivity contribution in [2.75, 3.05) is 5.43 Å². The molecule has 0 aliphatic heterocycles. The number of anilines is 1. The minimum Gasteiger partial charge on any atom is -0.323 e. The van der Waals surface area contributed by atoms with Crippen molar-refractivity contribution < 1.29 is 8.42 Å². The number of nitrogens with one attached hydrogen (secondary N) is 2. The molecule has 8 heteroatoms.